The zero-order valence-electron chi connectivity index (χ0n) is 18.4. The fourth-order valence-electron chi connectivity index (χ4n) is 3.54. The first-order chi connectivity index (χ1) is 15.9. The van der Waals surface area contributed by atoms with E-state index in [0.29, 0.717) is 29.6 Å². The number of rotatable bonds is 8. The topological polar surface area (TPSA) is 122 Å². The van der Waals surface area contributed by atoms with E-state index in [0.717, 1.165) is 30.0 Å². The molecular formula is C23H25N7O3. The third kappa shape index (κ3) is 4.74. The summed E-state index contributed by atoms with van der Waals surface area (Å²) in [6.07, 6.45) is 5.53. The van der Waals surface area contributed by atoms with Crippen LogP contribution in [0.2, 0.25) is 0 Å². The largest absolute Gasteiger partial charge is 0.491 e. The van der Waals surface area contributed by atoms with Crippen LogP contribution >= 0.6 is 0 Å². The first-order valence-corrected chi connectivity index (χ1v) is 10.9. The highest BCUT2D eigenvalue weighted by Gasteiger charge is 2.25. The van der Waals surface area contributed by atoms with E-state index in [4.69, 9.17) is 9.72 Å². The molecule has 0 spiro atoms. The van der Waals surface area contributed by atoms with Crippen LogP contribution in [-0.2, 0) is 11.3 Å². The molecule has 2 aromatic heterocycles. The predicted octanol–water partition coefficient (Wildman–Crippen LogP) is 2.88. The minimum Gasteiger partial charge on any atom is -0.491 e. The number of hydrogen-bond acceptors (Lipinski definition) is 7. The second kappa shape index (κ2) is 8.45. The SMILES string of the molecule is CC(C)Oc1cccc(CNc2cc(NC3CC3)n3ncc(/C=C4\NC(=O)NC4=O)c3n2)c1. The average Bonchev–Trinajstić information content (AvgIpc) is 3.40. The highest BCUT2D eigenvalue weighted by atomic mass is 16.5. The molecule has 3 amide bonds. The maximum atomic E-state index is 11.9. The molecule has 1 aliphatic heterocycles. The number of aromatic nitrogens is 3. The lowest BCUT2D eigenvalue weighted by atomic mass is 10.2. The van der Waals surface area contributed by atoms with Gasteiger partial charge in [-0.15, -0.1) is 0 Å². The minimum atomic E-state index is -0.544. The van der Waals surface area contributed by atoms with Crippen molar-refractivity contribution in [3.63, 3.8) is 0 Å². The van der Waals surface area contributed by atoms with Crippen LogP contribution in [0.3, 0.4) is 0 Å². The van der Waals surface area contributed by atoms with Crippen LogP contribution in [0.25, 0.3) is 11.7 Å². The number of fused-ring (bicyclic) bond motifs is 1. The van der Waals surface area contributed by atoms with Gasteiger partial charge in [0.1, 0.15) is 23.1 Å². The van der Waals surface area contributed by atoms with Gasteiger partial charge in [-0.1, -0.05) is 12.1 Å². The Labute approximate surface area is 190 Å². The molecule has 2 aliphatic rings. The molecule has 2 fully saturated rings. The minimum absolute atomic E-state index is 0.106. The molecule has 170 valence electrons. The quantitative estimate of drug-likeness (QED) is 0.309. The Morgan fingerprint density at radius 1 is 1.24 bits per heavy atom. The van der Waals surface area contributed by atoms with E-state index in [1.54, 1.807) is 16.8 Å². The number of ether oxygens (including phenoxy) is 1. The van der Waals surface area contributed by atoms with Gasteiger partial charge in [-0.3, -0.25) is 10.1 Å². The van der Waals surface area contributed by atoms with Gasteiger partial charge < -0.3 is 20.7 Å². The normalized spacial score (nSPS) is 16.9. The summed E-state index contributed by atoms with van der Waals surface area (Å²) in [5.74, 6) is 1.83. The van der Waals surface area contributed by atoms with Crippen molar-refractivity contribution < 1.29 is 14.3 Å². The molecular weight excluding hydrogens is 422 g/mol. The van der Waals surface area contributed by atoms with Gasteiger partial charge in [0, 0.05) is 24.2 Å². The van der Waals surface area contributed by atoms with Crippen LogP contribution in [0.1, 0.15) is 37.8 Å². The van der Waals surface area contributed by atoms with E-state index in [9.17, 15) is 9.59 Å². The number of anilines is 2. The molecule has 1 aliphatic carbocycles. The van der Waals surface area contributed by atoms with Crippen molar-refractivity contribution in [3.8, 4) is 5.75 Å². The molecule has 10 nitrogen and oxygen atoms in total. The smallest absolute Gasteiger partial charge is 0.326 e. The van der Waals surface area contributed by atoms with Crippen molar-refractivity contribution in [3.05, 3.63) is 53.4 Å². The average molecular weight is 447 g/mol. The lowest BCUT2D eigenvalue weighted by Crippen LogP contribution is -2.22. The Balaban J connectivity index is 1.44. The number of imide groups is 1. The first kappa shape index (κ1) is 20.8. The van der Waals surface area contributed by atoms with E-state index < -0.39 is 11.9 Å². The third-order valence-corrected chi connectivity index (χ3v) is 5.19. The molecule has 0 radical (unpaired) electrons. The summed E-state index contributed by atoms with van der Waals surface area (Å²) in [5, 5.41) is 16.0. The van der Waals surface area contributed by atoms with E-state index in [2.05, 4.69) is 26.4 Å². The van der Waals surface area contributed by atoms with Gasteiger partial charge in [0.2, 0.25) is 0 Å². The standard InChI is InChI=1S/C23H25N7O3/c1-13(2)33-17-5-3-4-14(8-17)11-24-19-10-20(26-16-6-7-16)30-21(28-19)15(12-25-30)9-18-22(31)29-23(32)27-18/h3-5,8-10,12-13,16,26H,6-7,11H2,1-2H3,(H,24,28)(H2,27,29,31,32)/b18-9-. The number of carbonyl (C=O) groups excluding carboxylic acids is 2. The first-order valence-electron chi connectivity index (χ1n) is 10.9. The number of hydrogen-bond donors (Lipinski definition) is 4. The Hall–Kier alpha value is -4.08. The van der Waals surface area contributed by atoms with Crippen molar-refractivity contribution in [1.29, 1.82) is 0 Å². The molecule has 33 heavy (non-hydrogen) atoms. The maximum absolute atomic E-state index is 11.9. The second-order valence-corrected chi connectivity index (χ2v) is 8.41. The van der Waals surface area contributed by atoms with Crippen molar-refractivity contribution in [2.45, 2.75) is 45.4 Å². The Bertz CT molecular complexity index is 1260. The fourth-order valence-corrected chi connectivity index (χ4v) is 3.54. The molecule has 0 unspecified atom stereocenters. The van der Waals surface area contributed by atoms with Gasteiger partial charge in [-0.2, -0.15) is 9.61 Å². The highest BCUT2D eigenvalue weighted by molar-refractivity contribution is 6.14. The molecule has 3 heterocycles. The number of carbonyl (C=O) groups is 2. The molecule has 10 heteroatoms. The van der Waals surface area contributed by atoms with Crippen LogP contribution in [0.5, 0.6) is 5.75 Å². The maximum Gasteiger partial charge on any atom is 0.326 e. The van der Waals surface area contributed by atoms with E-state index in [1.165, 1.54) is 0 Å². The fraction of sp³-hybridized carbons (Fsp3) is 0.304. The van der Waals surface area contributed by atoms with Crippen molar-refractivity contribution in [2.75, 3.05) is 10.6 Å². The zero-order chi connectivity index (χ0) is 22.9. The third-order valence-electron chi connectivity index (χ3n) is 5.19. The number of nitrogens with one attached hydrogen (secondary N) is 4. The van der Waals surface area contributed by atoms with Crippen LogP contribution < -0.4 is 26.0 Å². The van der Waals surface area contributed by atoms with Crippen LogP contribution in [0, 0.1) is 0 Å². The van der Waals surface area contributed by atoms with Crippen molar-refractivity contribution >= 4 is 35.3 Å². The molecule has 1 aromatic carbocycles. The molecule has 1 saturated heterocycles. The molecule has 5 rings (SSSR count). The summed E-state index contributed by atoms with van der Waals surface area (Å²) >= 11 is 0. The monoisotopic (exact) mass is 447 g/mol. The summed E-state index contributed by atoms with van der Waals surface area (Å²) < 4.78 is 7.50. The highest BCUT2D eigenvalue weighted by Crippen LogP contribution is 2.28. The van der Waals surface area contributed by atoms with Crippen molar-refractivity contribution in [2.24, 2.45) is 0 Å². The number of urea groups is 1. The van der Waals surface area contributed by atoms with E-state index >= 15 is 0 Å². The summed E-state index contributed by atoms with van der Waals surface area (Å²) in [7, 11) is 0. The lowest BCUT2D eigenvalue weighted by molar-refractivity contribution is -0.115. The van der Waals surface area contributed by atoms with Crippen LogP contribution in [0.15, 0.2) is 42.2 Å². The van der Waals surface area contributed by atoms with E-state index in [1.807, 2.05) is 44.2 Å². The Morgan fingerprint density at radius 3 is 2.82 bits per heavy atom. The Kier molecular flexibility index (Phi) is 5.33. The van der Waals surface area contributed by atoms with Gasteiger partial charge in [0.25, 0.3) is 5.91 Å². The molecule has 0 bridgehead atoms. The van der Waals surface area contributed by atoms with Gasteiger partial charge in [0.05, 0.1) is 12.3 Å². The number of nitrogens with zero attached hydrogens (tertiary/aromatic N) is 3. The van der Waals surface area contributed by atoms with Gasteiger partial charge in [-0.05, 0) is 50.5 Å². The van der Waals surface area contributed by atoms with Gasteiger partial charge in [-0.25, -0.2) is 9.78 Å². The molecule has 1 saturated carbocycles. The van der Waals surface area contributed by atoms with Gasteiger partial charge >= 0.3 is 6.03 Å². The number of benzene rings is 1. The summed E-state index contributed by atoms with van der Waals surface area (Å²) in [5.41, 5.74) is 2.42. The van der Waals surface area contributed by atoms with Crippen LogP contribution in [-0.4, -0.2) is 38.7 Å². The summed E-state index contributed by atoms with van der Waals surface area (Å²) in [6, 6.07) is 9.73. The number of amides is 3. The van der Waals surface area contributed by atoms with Crippen LogP contribution in [0.4, 0.5) is 16.4 Å². The summed E-state index contributed by atoms with van der Waals surface area (Å²) in [4.78, 5) is 28.1. The van der Waals surface area contributed by atoms with Gasteiger partial charge in [0.15, 0.2) is 5.65 Å². The van der Waals surface area contributed by atoms with E-state index in [-0.39, 0.29) is 11.8 Å². The predicted molar refractivity (Wildman–Crippen MR) is 124 cm³/mol. The van der Waals surface area contributed by atoms with Crippen molar-refractivity contribution in [1.82, 2.24) is 25.2 Å². The zero-order valence-corrected chi connectivity index (χ0v) is 18.4. The second-order valence-electron chi connectivity index (χ2n) is 8.41. The molecule has 0 atom stereocenters. The molecule has 4 N–H and O–H groups in total. The molecule has 3 aromatic rings. The Morgan fingerprint density at radius 2 is 2.09 bits per heavy atom. The lowest BCUT2D eigenvalue weighted by Gasteiger charge is -2.13. The summed E-state index contributed by atoms with van der Waals surface area (Å²) in [6.45, 7) is 4.55.